The molecule has 5 aromatic rings. The van der Waals surface area contributed by atoms with E-state index in [0.717, 1.165) is 15.8 Å². The van der Waals surface area contributed by atoms with E-state index in [1.807, 2.05) is 54.6 Å². The van der Waals surface area contributed by atoms with Gasteiger partial charge in [-0.3, -0.25) is 10.2 Å². The molecule has 0 aliphatic heterocycles. The van der Waals surface area contributed by atoms with Crippen LogP contribution < -0.4 is 15.5 Å². The number of aryl methyl sites for hydroxylation is 1. The van der Waals surface area contributed by atoms with Crippen LogP contribution in [-0.2, 0) is 26.0 Å². The maximum Gasteiger partial charge on any atom is 0.408 e. The van der Waals surface area contributed by atoms with Crippen molar-refractivity contribution in [1.29, 1.82) is 0 Å². The number of para-hydroxylation sites is 1. The number of carbonyl (C=O) groups is 2. The van der Waals surface area contributed by atoms with E-state index >= 15 is 0 Å². The minimum Gasteiger partial charge on any atom is -0.455 e. The minimum atomic E-state index is -4.32. The fourth-order valence-corrected chi connectivity index (χ4v) is 6.42. The topological polar surface area (TPSA) is 152 Å². The average Bonchev–Trinajstić information content (AvgIpc) is 3.69. The molecule has 11 nitrogen and oxygen atoms in total. The highest BCUT2D eigenvalue weighted by molar-refractivity contribution is 7.90. The van der Waals surface area contributed by atoms with E-state index in [-0.39, 0.29) is 11.3 Å². The standard InChI is InChI=1S/C34H35N5O6S2/c1-22(37-38-32-35-26-15-8-9-16-30(26)46-32)28-19-20-29(44-28)24-13-10-14-25(21-24)47(42,43)39-31(40)27(36-33(41)45-34(2,3)4)18-17-23-11-6-5-7-12-23/h5-16,19-21,27H,17-18H2,1-4H3,(H,35,38)(H,36,41)(H,39,40)/b37-22+. The molecule has 1 atom stereocenters. The van der Waals surface area contributed by atoms with Gasteiger partial charge in [-0.05, 0) is 82.5 Å². The summed E-state index contributed by atoms with van der Waals surface area (Å²) in [6, 6.07) is 25.5. The van der Waals surface area contributed by atoms with E-state index in [2.05, 4.69) is 25.6 Å². The first-order valence-electron chi connectivity index (χ1n) is 14.8. The van der Waals surface area contributed by atoms with Gasteiger partial charge in [0.2, 0.25) is 5.13 Å². The number of furan rings is 1. The number of alkyl carbamates (subject to hydrolysis) is 1. The Hall–Kier alpha value is -5.01. The fraction of sp³-hybridized carbons (Fsp3) is 0.235. The molecule has 2 amide bonds. The van der Waals surface area contributed by atoms with Gasteiger partial charge in [0, 0.05) is 5.56 Å². The molecule has 3 N–H and O–H groups in total. The Morgan fingerprint density at radius 1 is 0.979 bits per heavy atom. The minimum absolute atomic E-state index is 0.147. The molecule has 3 aromatic carbocycles. The molecule has 0 bridgehead atoms. The van der Waals surface area contributed by atoms with E-state index in [4.69, 9.17) is 9.15 Å². The van der Waals surface area contributed by atoms with E-state index in [1.165, 1.54) is 23.5 Å². The summed E-state index contributed by atoms with van der Waals surface area (Å²) in [7, 11) is -4.32. The smallest absolute Gasteiger partial charge is 0.408 e. The third-order valence-electron chi connectivity index (χ3n) is 6.81. The van der Waals surface area contributed by atoms with Crippen molar-refractivity contribution in [2.45, 2.75) is 57.1 Å². The molecule has 0 saturated heterocycles. The molecule has 0 aliphatic rings. The van der Waals surface area contributed by atoms with Crippen LogP contribution in [0, 0.1) is 0 Å². The predicted octanol–water partition coefficient (Wildman–Crippen LogP) is 6.72. The van der Waals surface area contributed by atoms with Crippen LogP contribution in [0.4, 0.5) is 9.93 Å². The molecular weight excluding hydrogens is 639 g/mol. The van der Waals surface area contributed by atoms with Crippen molar-refractivity contribution in [2.24, 2.45) is 5.10 Å². The number of hydrogen-bond donors (Lipinski definition) is 3. The number of aromatic nitrogens is 1. The number of rotatable bonds is 11. The van der Waals surface area contributed by atoms with E-state index in [9.17, 15) is 18.0 Å². The Kier molecular flexibility index (Phi) is 10.1. The summed E-state index contributed by atoms with van der Waals surface area (Å²) >= 11 is 1.48. The summed E-state index contributed by atoms with van der Waals surface area (Å²) in [4.78, 5) is 30.2. The van der Waals surface area contributed by atoms with Gasteiger partial charge in [0.25, 0.3) is 15.9 Å². The summed E-state index contributed by atoms with van der Waals surface area (Å²) in [5.41, 5.74) is 5.00. The zero-order chi connectivity index (χ0) is 33.6. The van der Waals surface area contributed by atoms with Crippen molar-refractivity contribution >= 4 is 54.4 Å². The molecular formula is C34H35N5O6S2. The van der Waals surface area contributed by atoms with Crippen LogP contribution in [0.1, 0.15) is 45.4 Å². The highest BCUT2D eigenvalue weighted by Crippen LogP contribution is 2.27. The van der Waals surface area contributed by atoms with Gasteiger partial charge in [0.1, 0.15) is 23.1 Å². The number of amides is 2. The summed E-state index contributed by atoms with van der Waals surface area (Å²) < 4.78 is 41.2. The van der Waals surface area contributed by atoms with E-state index in [1.54, 1.807) is 52.0 Å². The SMILES string of the molecule is C/C(=N\Nc1nc2ccccc2s1)c1ccc(-c2cccc(S(=O)(=O)NC(=O)C(CCc3ccccc3)NC(=O)OC(C)(C)C)c2)o1. The Morgan fingerprint density at radius 2 is 1.72 bits per heavy atom. The second-order valence-corrected chi connectivity index (χ2v) is 14.4. The Labute approximate surface area is 277 Å². The number of thiazole rings is 1. The maximum absolute atomic E-state index is 13.4. The van der Waals surface area contributed by atoms with Crippen molar-refractivity contribution in [3.8, 4) is 11.3 Å². The zero-order valence-corrected chi connectivity index (χ0v) is 27.9. The molecule has 1 unspecified atom stereocenters. The largest absolute Gasteiger partial charge is 0.455 e. The second-order valence-electron chi connectivity index (χ2n) is 11.7. The number of nitrogens with zero attached hydrogens (tertiary/aromatic N) is 2. The normalized spacial score (nSPS) is 12.8. The summed E-state index contributed by atoms with van der Waals surface area (Å²) in [6.07, 6.45) is -0.258. The molecule has 13 heteroatoms. The quantitative estimate of drug-likeness (QED) is 0.103. The van der Waals surface area contributed by atoms with Gasteiger partial charge in [-0.15, -0.1) is 0 Å². The van der Waals surface area contributed by atoms with Gasteiger partial charge in [0.05, 0.1) is 15.1 Å². The lowest BCUT2D eigenvalue weighted by atomic mass is 10.1. The maximum atomic E-state index is 13.4. The average molecular weight is 674 g/mol. The fourth-order valence-electron chi connectivity index (χ4n) is 4.55. The van der Waals surface area contributed by atoms with E-state index < -0.39 is 33.7 Å². The molecule has 0 fully saturated rings. The summed E-state index contributed by atoms with van der Waals surface area (Å²) in [6.45, 7) is 6.86. The van der Waals surface area contributed by atoms with Gasteiger partial charge in [-0.1, -0.05) is 65.9 Å². The number of hydrogen-bond acceptors (Lipinski definition) is 10. The van der Waals surface area contributed by atoms with Crippen LogP contribution in [0.25, 0.3) is 21.5 Å². The number of sulfonamides is 1. The van der Waals surface area contributed by atoms with Crippen LogP contribution in [-0.4, -0.2) is 42.8 Å². The van der Waals surface area contributed by atoms with Crippen molar-refractivity contribution < 1.29 is 27.2 Å². The number of nitrogens with one attached hydrogen (secondary N) is 3. The van der Waals surface area contributed by atoms with Crippen molar-refractivity contribution in [3.05, 3.63) is 102 Å². The van der Waals surface area contributed by atoms with Crippen molar-refractivity contribution in [2.75, 3.05) is 5.43 Å². The van der Waals surface area contributed by atoms with Crippen LogP contribution in [0.2, 0.25) is 0 Å². The number of carbonyl (C=O) groups excluding carboxylic acids is 2. The monoisotopic (exact) mass is 673 g/mol. The highest BCUT2D eigenvalue weighted by atomic mass is 32.2. The molecule has 47 heavy (non-hydrogen) atoms. The number of benzene rings is 3. The molecule has 0 radical (unpaired) electrons. The number of ether oxygens (including phenoxy) is 1. The molecule has 5 rings (SSSR count). The molecule has 244 valence electrons. The number of fused-ring (bicyclic) bond motifs is 1. The third-order valence-corrected chi connectivity index (χ3v) is 9.10. The Bertz CT molecular complexity index is 1980. The van der Waals surface area contributed by atoms with Crippen molar-refractivity contribution in [1.82, 2.24) is 15.0 Å². The van der Waals surface area contributed by atoms with E-state index in [0.29, 0.717) is 34.3 Å². The lowest BCUT2D eigenvalue weighted by Crippen LogP contribution is -2.49. The zero-order valence-electron chi connectivity index (χ0n) is 26.3. The number of anilines is 1. The first-order valence-corrected chi connectivity index (χ1v) is 17.1. The molecule has 2 heterocycles. The molecule has 2 aromatic heterocycles. The van der Waals surface area contributed by atoms with Gasteiger partial charge in [-0.2, -0.15) is 5.10 Å². The predicted molar refractivity (Wildman–Crippen MR) is 183 cm³/mol. The van der Waals surface area contributed by atoms with Gasteiger partial charge in [0.15, 0.2) is 5.76 Å². The Morgan fingerprint density at radius 3 is 2.47 bits per heavy atom. The van der Waals surface area contributed by atoms with Gasteiger partial charge < -0.3 is 14.5 Å². The van der Waals surface area contributed by atoms with Crippen molar-refractivity contribution in [3.63, 3.8) is 0 Å². The van der Waals surface area contributed by atoms with Gasteiger partial charge in [-0.25, -0.2) is 22.9 Å². The summed E-state index contributed by atoms with van der Waals surface area (Å²) in [5.74, 6) is -0.000154. The first-order chi connectivity index (χ1) is 22.4. The highest BCUT2D eigenvalue weighted by Gasteiger charge is 2.28. The lowest BCUT2D eigenvalue weighted by molar-refractivity contribution is -0.121. The molecule has 0 spiro atoms. The van der Waals surface area contributed by atoms with Crippen LogP contribution in [0.15, 0.2) is 105 Å². The summed E-state index contributed by atoms with van der Waals surface area (Å²) in [5, 5.41) is 7.55. The molecule has 0 aliphatic carbocycles. The van der Waals surface area contributed by atoms with Crippen LogP contribution in [0.3, 0.4) is 0 Å². The first kappa shape index (κ1) is 33.4. The Balaban J connectivity index is 1.28. The second kappa shape index (κ2) is 14.2. The molecule has 0 saturated carbocycles. The lowest BCUT2D eigenvalue weighted by Gasteiger charge is -2.23. The number of hydrazone groups is 1. The van der Waals surface area contributed by atoms with Gasteiger partial charge >= 0.3 is 6.09 Å². The van der Waals surface area contributed by atoms with Crippen LogP contribution >= 0.6 is 11.3 Å². The van der Waals surface area contributed by atoms with Crippen LogP contribution in [0.5, 0.6) is 0 Å². The third kappa shape index (κ3) is 9.05.